The Hall–Kier alpha value is -2.96. The summed E-state index contributed by atoms with van der Waals surface area (Å²) in [6.07, 6.45) is 0. The van der Waals surface area contributed by atoms with E-state index >= 15 is 0 Å². The predicted molar refractivity (Wildman–Crippen MR) is 80.0 cm³/mol. The third kappa shape index (κ3) is 3.45. The van der Waals surface area contributed by atoms with Gasteiger partial charge in [0, 0.05) is 11.8 Å². The molecule has 3 aromatic rings. The lowest BCUT2D eigenvalue weighted by molar-refractivity contribution is 0.383. The summed E-state index contributed by atoms with van der Waals surface area (Å²) in [6, 6.07) is 10.4. The van der Waals surface area contributed by atoms with Crippen LogP contribution in [0.3, 0.4) is 0 Å². The molecule has 0 fully saturated rings. The molecule has 0 unspecified atom stereocenters. The average molecular weight is 317 g/mol. The molecule has 3 rings (SSSR count). The Morgan fingerprint density at radius 1 is 1.13 bits per heavy atom. The monoisotopic (exact) mass is 317 g/mol. The van der Waals surface area contributed by atoms with E-state index in [1.54, 1.807) is 13.2 Å². The first-order valence-electron chi connectivity index (χ1n) is 6.81. The Balaban J connectivity index is 1.75. The van der Waals surface area contributed by atoms with Gasteiger partial charge in [-0.1, -0.05) is 17.3 Å². The lowest BCUT2D eigenvalue weighted by Gasteiger charge is -2.04. The van der Waals surface area contributed by atoms with E-state index in [9.17, 15) is 8.78 Å². The van der Waals surface area contributed by atoms with Crippen molar-refractivity contribution in [2.24, 2.45) is 0 Å². The van der Waals surface area contributed by atoms with Crippen LogP contribution in [0.15, 0.2) is 47.0 Å². The molecular weight excluding hydrogens is 304 g/mol. The van der Waals surface area contributed by atoms with Gasteiger partial charge >= 0.3 is 0 Å². The van der Waals surface area contributed by atoms with E-state index in [4.69, 9.17) is 9.26 Å². The number of benzene rings is 2. The number of rotatable bonds is 5. The number of hydrogen-bond donors (Lipinski definition) is 1. The molecule has 2 aromatic carbocycles. The first-order chi connectivity index (χ1) is 11.2. The van der Waals surface area contributed by atoms with Crippen LogP contribution in [0.2, 0.25) is 0 Å². The highest BCUT2D eigenvalue weighted by Gasteiger charge is 2.12. The van der Waals surface area contributed by atoms with Crippen LogP contribution in [-0.4, -0.2) is 17.3 Å². The minimum Gasteiger partial charge on any atom is -0.496 e. The second kappa shape index (κ2) is 6.43. The fourth-order valence-corrected chi connectivity index (χ4v) is 2.10. The summed E-state index contributed by atoms with van der Waals surface area (Å²) in [5, 5.41) is 6.72. The Kier molecular flexibility index (Phi) is 4.18. The average Bonchev–Trinajstić information content (AvgIpc) is 3.01. The summed E-state index contributed by atoms with van der Waals surface area (Å²) < 4.78 is 36.6. The Morgan fingerprint density at radius 2 is 1.87 bits per heavy atom. The van der Waals surface area contributed by atoms with E-state index in [1.165, 1.54) is 12.1 Å². The molecule has 0 radical (unpaired) electrons. The molecule has 0 atom stereocenters. The Labute approximate surface area is 130 Å². The fourth-order valence-electron chi connectivity index (χ4n) is 2.10. The number of anilines is 1. The van der Waals surface area contributed by atoms with Crippen LogP contribution in [0.25, 0.3) is 11.4 Å². The highest BCUT2D eigenvalue weighted by molar-refractivity contribution is 5.63. The minimum absolute atomic E-state index is 0.144. The van der Waals surface area contributed by atoms with Gasteiger partial charge in [0.05, 0.1) is 19.2 Å². The smallest absolute Gasteiger partial charge is 0.246 e. The molecular formula is C16H13F2N3O2. The predicted octanol–water partition coefficient (Wildman–Crippen LogP) is 3.64. The van der Waals surface area contributed by atoms with Gasteiger partial charge in [-0.3, -0.25) is 0 Å². The number of hydrogen-bond acceptors (Lipinski definition) is 5. The highest BCUT2D eigenvalue weighted by atomic mass is 19.1. The SMILES string of the molecule is COc1ccccc1-c1noc(CNc2cc(F)cc(F)c2)n1. The van der Waals surface area contributed by atoms with Gasteiger partial charge in [-0.25, -0.2) is 8.78 Å². The molecule has 0 saturated heterocycles. The van der Waals surface area contributed by atoms with Crippen molar-refractivity contribution in [1.82, 2.24) is 10.1 Å². The number of halogens is 2. The Morgan fingerprint density at radius 3 is 2.61 bits per heavy atom. The van der Waals surface area contributed by atoms with Gasteiger partial charge in [0.25, 0.3) is 0 Å². The van der Waals surface area contributed by atoms with E-state index in [-0.39, 0.29) is 12.4 Å². The highest BCUT2D eigenvalue weighted by Crippen LogP contribution is 2.27. The summed E-state index contributed by atoms with van der Waals surface area (Å²) in [4.78, 5) is 4.24. The first kappa shape index (κ1) is 15.0. The fraction of sp³-hybridized carbons (Fsp3) is 0.125. The van der Waals surface area contributed by atoms with Crippen LogP contribution in [0.4, 0.5) is 14.5 Å². The molecule has 0 aliphatic rings. The van der Waals surface area contributed by atoms with Crippen molar-refractivity contribution in [2.75, 3.05) is 12.4 Å². The van der Waals surface area contributed by atoms with Crippen LogP contribution in [0.5, 0.6) is 5.75 Å². The molecule has 5 nitrogen and oxygen atoms in total. The van der Waals surface area contributed by atoms with Gasteiger partial charge in [0.1, 0.15) is 17.4 Å². The molecule has 0 amide bonds. The maximum atomic E-state index is 13.1. The number of para-hydroxylation sites is 1. The maximum Gasteiger partial charge on any atom is 0.246 e. The second-order valence-corrected chi connectivity index (χ2v) is 4.72. The van der Waals surface area contributed by atoms with Crippen molar-refractivity contribution in [2.45, 2.75) is 6.54 Å². The van der Waals surface area contributed by atoms with Crippen molar-refractivity contribution >= 4 is 5.69 Å². The van der Waals surface area contributed by atoms with E-state index in [1.807, 2.05) is 18.2 Å². The van der Waals surface area contributed by atoms with Crippen molar-refractivity contribution < 1.29 is 18.0 Å². The maximum absolute atomic E-state index is 13.1. The van der Waals surface area contributed by atoms with Gasteiger partial charge in [-0.2, -0.15) is 4.98 Å². The van der Waals surface area contributed by atoms with Gasteiger partial charge in [0.2, 0.25) is 11.7 Å². The van der Waals surface area contributed by atoms with E-state index in [0.717, 1.165) is 6.07 Å². The van der Waals surface area contributed by atoms with Crippen LogP contribution in [0, 0.1) is 11.6 Å². The number of ether oxygens (including phenoxy) is 1. The number of methoxy groups -OCH3 is 1. The summed E-state index contributed by atoms with van der Waals surface area (Å²) in [5.74, 6) is -0.0271. The van der Waals surface area contributed by atoms with Crippen LogP contribution in [0.1, 0.15) is 5.89 Å². The molecule has 1 aromatic heterocycles. The van der Waals surface area contributed by atoms with E-state index in [0.29, 0.717) is 22.8 Å². The number of nitrogens with one attached hydrogen (secondary N) is 1. The van der Waals surface area contributed by atoms with Gasteiger partial charge < -0.3 is 14.6 Å². The van der Waals surface area contributed by atoms with Crippen molar-refractivity contribution in [3.63, 3.8) is 0 Å². The van der Waals surface area contributed by atoms with Crippen molar-refractivity contribution in [3.8, 4) is 17.1 Å². The molecule has 0 saturated carbocycles. The second-order valence-electron chi connectivity index (χ2n) is 4.72. The zero-order chi connectivity index (χ0) is 16.2. The quantitative estimate of drug-likeness (QED) is 0.778. The summed E-state index contributed by atoms with van der Waals surface area (Å²) in [5.41, 5.74) is 0.987. The summed E-state index contributed by atoms with van der Waals surface area (Å²) >= 11 is 0. The summed E-state index contributed by atoms with van der Waals surface area (Å²) in [7, 11) is 1.56. The molecule has 0 aliphatic carbocycles. The van der Waals surface area contributed by atoms with E-state index < -0.39 is 11.6 Å². The summed E-state index contributed by atoms with van der Waals surface area (Å²) in [6.45, 7) is 0.144. The lowest BCUT2D eigenvalue weighted by atomic mass is 10.2. The van der Waals surface area contributed by atoms with Gasteiger partial charge in [-0.05, 0) is 24.3 Å². The molecule has 1 heterocycles. The Bertz CT molecular complexity index is 800. The van der Waals surface area contributed by atoms with Gasteiger partial charge in [-0.15, -0.1) is 0 Å². The molecule has 118 valence electrons. The molecule has 0 spiro atoms. The van der Waals surface area contributed by atoms with Gasteiger partial charge in [0.15, 0.2) is 0 Å². The van der Waals surface area contributed by atoms with Crippen molar-refractivity contribution in [1.29, 1.82) is 0 Å². The molecule has 7 heteroatoms. The zero-order valence-electron chi connectivity index (χ0n) is 12.2. The third-order valence-electron chi connectivity index (χ3n) is 3.12. The van der Waals surface area contributed by atoms with E-state index in [2.05, 4.69) is 15.5 Å². The molecule has 0 aliphatic heterocycles. The van der Waals surface area contributed by atoms with Crippen LogP contribution >= 0.6 is 0 Å². The standard InChI is InChI=1S/C16H13F2N3O2/c1-22-14-5-3-2-4-13(14)16-20-15(23-21-16)9-19-12-7-10(17)6-11(18)8-12/h2-8,19H,9H2,1H3. The number of nitrogens with zero attached hydrogens (tertiary/aromatic N) is 2. The van der Waals surface area contributed by atoms with Crippen LogP contribution < -0.4 is 10.1 Å². The molecule has 23 heavy (non-hydrogen) atoms. The molecule has 1 N–H and O–H groups in total. The third-order valence-corrected chi connectivity index (χ3v) is 3.12. The van der Waals surface area contributed by atoms with Crippen LogP contribution in [-0.2, 0) is 6.54 Å². The minimum atomic E-state index is -0.659. The molecule has 0 bridgehead atoms. The first-order valence-corrected chi connectivity index (χ1v) is 6.81. The zero-order valence-corrected chi connectivity index (χ0v) is 12.2. The lowest BCUT2D eigenvalue weighted by Crippen LogP contribution is -2.00. The topological polar surface area (TPSA) is 60.2 Å². The number of aromatic nitrogens is 2. The largest absolute Gasteiger partial charge is 0.496 e. The normalized spacial score (nSPS) is 10.6. The van der Waals surface area contributed by atoms with Crippen molar-refractivity contribution in [3.05, 3.63) is 60.0 Å².